The van der Waals surface area contributed by atoms with E-state index < -0.39 is 6.10 Å². The highest BCUT2D eigenvalue weighted by Crippen LogP contribution is 2.15. The van der Waals surface area contributed by atoms with Gasteiger partial charge in [-0.2, -0.15) is 0 Å². The molecule has 0 bridgehead atoms. The van der Waals surface area contributed by atoms with Crippen molar-refractivity contribution in [1.29, 1.82) is 0 Å². The third-order valence-electron chi connectivity index (χ3n) is 12.7. The summed E-state index contributed by atoms with van der Waals surface area (Å²) < 4.78 is 16.8. The number of carbonyl (C=O) groups excluding carboxylic acids is 3. The number of hydrogen-bond donors (Lipinski definition) is 0. The molecule has 0 radical (unpaired) electrons. The van der Waals surface area contributed by atoms with Gasteiger partial charge in [-0.25, -0.2) is 0 Å². The van der Waals surface area contributed by atoms with Crippen LogP contribution >= 0.6 is 0 Å². The number of allylic oxidation sites excluding steroid dienone is 20. The molecule has 0 saturated heterocycles. The molecule has 74 heavy (non-hydrogen) atoms. The SMILES string of the molecule is CC/C=C\C/C=C\C/C=C\C/C=C\C/C=C\C/C=C\CCCCCCCCCCCCCCCCC(=O)OCC(COC(=O)CCCCCCC/C=C\CCC)OC(=O)CCCCC/C=C\C/C=C\C/C=C\CC. The van der Waals surface area contributed by atoms with Crippen LogP contribution in [0.25, 0.3) is 0 Å². The first-order valence-corrected chi connectivity index (χ1v) is 30.5. The molecule has 0 aliphatic heterocycles. The van der Waals surface area contributed by atoms with Crippen LogP contribution in [0.2, 0.25) is 0 Å². The summed E-state index contributed by atoms with van der Waals surface area (Å²) in [6, 6.07) is 0. The highest BCUT2D eigenvalue weighted by molar-refractivity contribution is 5.71. The van der Waals surface area contributed by atoms with Crippen LogP contribution in [-0.4, -0.2) is 37.2 Å². The van der Waals surface area contributed by atoms with E-state index in [9.17, 15) is 14.4 Å². The molecule has 420 valence electrons. The zero-order valence-corrected chi connectivity index (χ0v) is 48.1. The molecule has 1 unspecified atom stereocenters. The number of unbranched alkanes of at least 4 members (excludes halogenated alkanes) is 23. The van der Waals surface area contributed by atoms with Crippen LogP contribution < -0.4 is 0 Å². The van der Waals surface area contributed by atoms with Crippen molar-refractivity contribution in [3.05, 3.63) is 122 Å². The van der Waals surface area contributed by atoms with Crippen molar-refractivity contribution in [3.8, 4) is 0 Å². The van der Waals surface area contributed by atoms with Crippen LogP contribution in [0.3, 0.4) is 0 Å². The Morgan fingerprint density at radius 1 is 0.284 bits per heavy atom. The van der Waals surface area contributed by atoms with Gasteiger partial charge in [0.25, 0.3) is 0 Å². The van der Waals surface area contributed by atoms with Gasteiger partial charge in [0.15, 0.2) is 6.10 Å². The maximum absolute atomic E-state index is 12.8. The summed E-state index contributed by atoms with van der Waals surface area (Å²) in [7, 11) is 0. The molecule has 0 amide bonds. The van der Waals surface area contributed by atoms with Crippen LogP contribution in [0.5, 0.6) is 0 Å². The lowest BCUT2D eigenvalue weighted by molar-refractivity contribution is -0.167. The fourth-order valence-electron chi connectivity index (χ4n) is 8.17. The van der Waals surface area contributed by atoms with Crippen molar-refractivity contribution in [2.75, 3.05) is 13.2 Å². The van der Waals surface area contributed by atoms with Crippen molar-refractivity contribution >= 4 is 17.9 Å². The summed E-state index contributed by atoms with van der Waals surface area (Å²) in [5, 5.41) is 0. The molecule has 6 nitrogen and oxygen atoms in total. The highest BCUT2D eigenvalue weighted by atomic mass is 16.6. The van der Waals surface area contributed by atoms with Crippen LogP contribution in [0.1, 0.15) is 271 Å². The standard InChI is InChI=1S/C68H112O6/c1-4-7-10-13-16-19-22-24-25-26-27-28-29-30-31-32-33-34-35-36-37-38-39-40-41-42-43-45-46-49-52-55-58-61-67(70)73-64-65(63-72-66(69)60-57-54-51-48-21-18-15-12-9-6-3)74-68(71)62-59-56-53-50-47-44-23-20-17-14-11-8-5-2/h7-8,10-12,15-17,19-20,24-25,27-28,30-31,33-34,44,47,65H,4-6,9,13-14,18,21-23,26,29,32,35-43,45-46,48-64H2,1-3H3/b10-7-,11-8-,15-12-,19-16-,20-17-,25-24-,28-27-,31-30-,34-33-,47-44-. The second-order valence-corrected chi connectivity index (χ2v) is 19.8. The molecule has 0 saturated carbocycles. The lowest BCUT2D eigenvalue weighted by Crippen LogP contribution is -2.30. The van der Waals surface area contributed by atoms with E-state index in [0.717, 1.165) is 141 Å². The molecule has 0 aliphatic rings. The van der Waals surface area contributed by atoms with Gasteiger partial charge in [0.05, 0.1) is 0 Å². The van der Waals surface area contributed by atoms with Crippen molar-refractivity contribution in [2.45, 2.75) is 277 Å². The first kappa shape index (κ1) is 69.8. The third-order valence-corrected chi connectivity index (χ3v) is 12.7. The fraction of sp³-hybridized carbons (Fsp3) is 0.662. The van der Waals surface area contributed by atoms with Gasteiger partial charge < -0.3 is 14.2 Å². The largest absolute Gasteiger partial charge is 0.462 e. The van der Waals surface area contributed by atoms with E-state index in [2.05, 4.69) is 142 Å². The Morgan fingerprint density at radius 2 is 0.527 bits per heavy atom. The van der Waals surface area contributed by atoms with Gasteiger partial charge in [-0.1, -0.05) is 251 Å². The molecule has 0 spiro atoms. The minimum atomic E-state index is -0.797. The molecular formula is C68H112O6. The second kappa shape index (κ2) is 61.4. The van der Waals surface area contributed by atoms with Crippen molar-refractivity contribution in [2.24, 2.45) is 0 Å². The molecular weight excluding hydrogens is 913 g/mol. The van der Waals surface area contributed by atoms with Crippen molar-refractivity contribution in [1.82, 2.24) is 0 Å². The number of esters is 3. The predicted octanol–water partition coefficient (Wildman–Crippen LogP) is 20.8. The zero-order valence-electron chi connectivity index (χ0n) is 48.1. The third kappa shape index (κ3) is 58.7. The smallest absolute Gasteiger partial charge is 0.306 e. The average molecular weight is 1030 g/mol. The lowest BCUT2D eigenvalue weighted by Gasteiger charge is -2.18. The topological polar surface area (TPSA) is 78.9 Å². The minimum Gasteiger partial charge on any atom is -0.462 e. The summed E-state index contributed by atoms with van der Waals surface area (Å²) >= 11 is 0. The predicted molar refractivity (Wildman–Crippen MR) is 320 cm³/mol. The zero-order chi connectivity index (χ0) is 53.6. The number of hydrogen-bond acceptors (Lipinski definition) is 6. The molecule has 0 aromatic carbocycles. The molecule has 1 atom stereocenters. The van der Waals surface area contributed by atoms with E-state index in [1.807, 2.05) is 0 Å². The molecule has 0 aromatic heterocycles. The monoisotopic (exact) mass is 1020 g/mol. The molecule has 0 fully saturated rings. The Hall–Kier alpha value is -4.19. The average Bonchev–Trinajstić information content (AvgIpc) is 3.40. The summed E-state index contributed by atoms with van der Waals surface area (Å²) in [5.74, 6) is -0.935. The fourth-order valence-corrected chi connectivity index (χ4v) is 8.17. The summed E-state index contributed by atoms with van der Waals surface area (Å²) in [6.07, 6.45) is 85.1. The number of rotatable bonds is 54. The van der Waals surface area contributed by atoms with E-state index in [0.29, 0.717) is 12.8 Å². The van der Waals surface area contributed by atoms with Crippen LogP contribution in [-0.2, 0) is 28.6 Å². The molecule has 6 heteroatoms. The van der Waals surface area contributed by atoms with E-state index in [1.165, 1.54) is 89.9 Å². The molecule has 0 heterocycles. The summed E-state index contributed by atoms with van der Waals surface area (Å²) in [6.45, 7) is 6.31. The lowest BCUT2D eigenvalue weighted by atomic mass is 10.0. The Bertz CT molecular complexity index is 1550. The summed E-state index contributed by atoms with van der Waals surface area (Å²) in [5.41, 5.74) is 0. The quantitative estimate of drug-likeness (QED) is 0.0261. The Morgan fingerprint density at radius 3 is 0.851 bits per heavy atom. The van der Waals surface area contributed by atoms with Crippen LogP contribution in [0, 0.1) is 0 Å². The highest BCUT2D eigenvalue weighted by Gasteiger charge is 2.19. The van der Waals surface area contributed by atoms with Gasteiger partial charge in [-0.3, -0.25) is 14.4 Å². The minimum absolute atomic E-state index is 0.0935. The normalized spacial score (nSPS) is 13.0. The van der Waals surface area contributed by atoms with E-state index in [-0.39, 0.29) is 37.5 Å². The summed E-state index contributed by atoms with van der Waals surface area (Å²) in [4.78, 5) is 38.0. The van der Waals surface area contributed by atoms with Gasteiger partial charge in [0.1, 0.15) is 13.2 Å². The Kier molecular flexibility index (Phi) is 57.9. The molecule has 0 rings (SSSR count). The van der Waals surface area contributed by atoms with Gasteiger partial charge in [-0.05, 0) is 122 Å². The molecule has 0 aromatic rings. The van der Waals surface area contributed by atoms with Crippen molar-refractivity contribution in [3.63, 3.8) is 0 Å². The van der Waals surface area contributed by atoms with Gasteiger partial charge >= 0.3 is 17.9 Å². The Labute approximate surface area is 456 Å². The van der Waals surface area contributed by atoms with Crippen LogP contribution in [0.4, 0.5) is 0 Å². The maximum Gasteiger partial charge on any atom is 0.306 e. The first-order chi connectivity index (χ1) is 36.5. The number of ether oxygens (including phenoxy) is 3. The molecule has 0 N–H and O–H groups in total. The maximum atomic E-state index is 12.8. The van der Waals surface area contributed by atoms with Gasteiger partial charge in [0.2, 0.25) is 0 Å². The van der Waals surface area contributed by atoms with Gasteiger partial charge in [0, 0.05) is 19.3 Å². The van der Waals surface area contributed by atoms with E-state index >= 15 is 0 Å². The van der Waals surface area contributed by atoms with Crippen molar-refractivity contribution < 1.29 is 28.6 Å². The van der Waals surface area contributed by atoms with Gasteiger partial charge in [-0.15, -0.1) is 0 Å². The number of carbonyl (C=O) groups is 3. The first-order valence-electron chi connectivity index (χ1n) is 30.5. The second-order valence-electron chi connectivity index (χ2n) is 19.8. The van der Waals surface area contributed by atoms with E-state index in [4.69, 9.17) is 14.2 Å². The Balaban J connectivity index is 4.13. The molecule has 0 aliphatic carbocycles. The van der Waals surface area contributed by atoms with E-state index in [1.54, 1.807) is 0 Å². The van der Waals surface area contributed by atoms with Crippen LogP contribution in [0.15, 0.2) is 122 Å².